The van der Waals surface area contributed by atoms with Crippen LogP contribution in [0.25, 0.3) is 0 Å². The summed E-state index contributed by atoms with van der Waals surface area (Å²) in [6, 6.07) is 6.59. The highest BCUT2D eigenvalue weighted by atomic mass is 32.2. The minimum absolute atomic E-state index is 0.191. The van der Waals surface area contributed by atoms with Crippen LogP contribution in [0.2, 0.25) is 0 Å². The number of carbonyl (C=O) groups excluding carboxylic acids is 1. The number of benzene rings is 1. The van der Waals surface area contributed by atoms with Gasteiger partial charge in [0.2, 0.25) is 5.91 Å². The van der Waals surface area contributed by atoms with Crippen LogP contribution in [0.4, 0.5) is 0 Å². The molecule has 134 valence electrons. The van der Waals surface area contributed by atoms with Gasteiger partial charge in [0.25, 0.3) is 0 Å². The Hall–Kier alpha value is -1.48. The number of nitrogens with two attached hydrogens (primary N) is 1. The summed E-state index contributed by atoms with van der Waals surface area (Å²) in [6.45, 7) is 0. The summed E-state index contributed by atoms with van der Waals surface area (Å²) in [7, 11) is -3.56. The first-order valence-corrected chi connectivity index (χ1v) is 9.77. The van der Waals surface area contributed by atoms with Crippen LogP contribution in [0.15, 0.2) is 30.3 Å². The lowest BCUT2D eigenvalue weighted by molar-refractivity contribution is -0.125. The lowest BCUT2D eigenvalue weighted by Crippen LogP contribution is -2.57. The van der Waals surface area contributed by atoms with Crippen molar-refractivity contribution >= 4 is 15.7 Å². The van der Waals surface area contributed by atoms with E-state index in [2.05, 4.69) is 5.32 Å². The third-order valence-electron chi connectivity index (χ3n) is 4.14. The highest BCUT2D eigenvalue weighted by Crippen LogP contribution is 2.19. The monoisotopic (exact) mass is 356 g/mol. The van der Waals surface area contributed by atoms with Gasteiger partial charge < -0.3 is 21.3 Å². The standard InChI is InChI=1S/C16H24N2O5S/c17-12(10-24(22,23)9-11-5-2-1-3-6-11)16(21)18-15-13(19)7-4-8-14(15)20/h1-3,5-6,12-15,19-20H,4,7-10,17H2,(H,18,21)/t12-,13?,14?,15?/m0/s1. The van der Waals surface area contributed by atoms with Crippen LogP contribution in [-0.2, 0) is 20.4 Å². The summed E-state index contributed by atoms with van der Waals surface area (Å²) in [5.41, 5.74) is 6.34. The summed E-state index contributed by atoms with van der Waals surface area (Å²) in [5.74, 6) is -1.37. The zero-order valence-corrected chi connectivity index (χ0v) is 14.2. The number of aliphatic hydroxyl groups is 2. The molecule has 0 radical (unpaired) electrons. The molecular formula is C16H24N2O5S. The Labute approximate surface area is 141 Å². The van der Waals surface area contributed by atoms with E-state index in [9.17, 15) is 23.4 Å². The number of sulfone groups is 1. The van der Waals surface area contributed by atoms with Gasteiger partial charge >= 0.3 is 0 Å². The fourth-order valence-corrected chi connectivity index (χ4v) is 4.37. The van der Waals surface area contributed by atoms with Crippen LogP contribution in [-0.4, -0.2) is 54.6 Å². The number of hydrogen-bond acceptors (Lipinski definition) is 6. The van der Waals surface area contributed by atoms with Crippen molar-refractivity contribution in [3.05, 3.63) is 35.9 Å². The van der Waals surface area contributed by atoms with Crippen molar-refractivity contribution < 1.29 is 23.4 Å². The van der Waals surface area contributed by atoms with Crippen molar-refractivity contribution in [3.63, 3.8) is 0 Å². The summed E-state index contributed by atoms with van der Waals surface area (Å²) in [4.78, 5) is 12.1. The van der Waals surface area contributed by atoms with Gasteiger partial charge in [-0.3, -0.25) is 4.79 Å². The highest BCUT2D eigenvalue weighted by Gasteiger charge is 2.33. The molecule has 2 rings (SSSR count). The number of aliphatic hydroxyl groups excluding tert-OH is 2. The Morgan fingerprint density at radius 1 is 1.21 bits per heavy atom. The predicted octanol–water partition coefficient (Wildman–Crippen LogP) is -0.681. The van der Waals surface area contributed by atoms with E-state index in [1.54, 1.807) is 30.3 Å². The normalized spacial score (nSPS) is 25.9. The minimum atomic E-state index is -3.56. The first-order valence-electron chi connectivity index (χ1n) is 7.95. The van der Waals surface area contributed by atoms with E-state index in [0.717, 1.165) is 0 Å². The number of carbonyl (C=O) groups is 1. The molecule has 1 saturated carbocycles. The Balaban J connectivity index is 1.93. The highest BCUT2D eigenvalue weighted by molar-refractivity contribution is 7.90. The van der Waals surface area contributed by atoms with Gasteiger partial charge in [0.05, 0.1) is 35.8 Å². The lowest BCUT2D eigenvalue weighted by Gasteiger charge is -2.33. The SMILES string of the molecule is N[C@@H](CS(=O)(=O)Cc1ccccc1)C(=O)NC1C(O)CCCC1O. The van der Waals surface area contributed by atoms with Crippen molar-refractivity contribution in [3.8, 4) is 0 Å². The van der Waals surface area contributed by atoms with E-state index in [0.29, 0.717) is 24.8 Å². The molecular weight excluding hydrogens is 332 g/mol. The molecule has 3 atom stereocenters. The molecule has 1 fully saturated rings. The number of rotatable bonds is 6. The zero-order valence-electron chi connectivity index (χ0n) is 13.3. The van der Waals surface area contributed by atoms with E-state index in [1.165, 1.54) is 0 Å². The summed E-state index contributed by atoms with van der Waals surface area (Å²) in [5, 5.41) is 22.2. The molecule has 8 heteroatoms. The number of amides is 1. The molecule has 1 aliphatic rings. The van der Waals surface area contributed by atoms with E-state index >= 15 is 0 Å². The number of hydrogen-bond donors (Lipinski definition) is 4. The van der Waals surface area contributed by atoms with Gasteiger partial charge in [-0.1, -0.05) is 30.3 Å². The molecule has 0 bridgehead atoms. The third-order valence-corrected chi connectivity index (χ3v) is 5.78. The van der Waals surface area contributed by atoms with Gasteiger partial charge in [-0.2, -0.15) is 0 Å². The van der Waals surface area contributed by atoms with E-state index < -0.39 is 45.8 Å². The maximum Gasteiger partial charge on any atom is 0.238 e. The van der Waals surface area contributed by atoms with Gasteiger partial charge in [-0.25, -0.2) is 8.42 Å². The zero-order chi connectivity index (χ0) is 17.7. The lowest BCUT2D eigenvalue weighted by atomic mass is 9.90. The van der Waals surface area contributed by atoms with Crippen LogP contribution in [0.1, 0.15) is 24.8 Å². The Kier molecular flexibility index (Phi) is 6.34. The van der Waals surface area contributed by atoms with Gasteiger partial charge in [0, 0.05) is 0 Å². The molecule has 0 saturated heterocycles. The maximum atomic E-state index is 12.2. The first-order chi connectivity index (χ1) is 11.3. The van der Waals surface area contributed by atoms with Gasteiger partial charge in [-0.15, -0.1) is 0 Å². The fraction of sp³-hybridized carbons (Fsp3) is 0.562. The average Bonchev–Trinajstić information content (AvgIpc) is 2.51. The quantitative estimate of drug-likeness (QED) is 0.534. The molecule has 5 N–H and O–H groups in total. The summed E-state index contributed by atoms with van der Waals surface area (Å²) < 4.78 is 24.4. The summed E-state index contributed by atoms with van der Waals surface area (Å²) >= 11 is 0. The second-order valence-electron chi connectivity index (χ2n) is 6.25. The van der Waals surface area contributed by atoms with Crippen molar-refractivity contribution in [2.24, 2.45) is 5.73 Å². The molecule has 1 aromatic rings. The topological polar surface area (TPSA) is 130 Å². The molecule has 0 aromatic heterocycles. The van der Waals surface area contributed by atoms with Crippen LogP contribution >= 0.6 is 0 Å². The van der Waals surface area contributed by atoms with Crippen molar-refractivity contribution in [2.75, 3.05) is 5.75 Å². The van der Waals surface area contributed by atoms with E-state index in [4.69, 9.17) is 5.73 Å². The van der Waals surface area contributed by atoms with Crippen molar-refractivity contribution in [1.82, 2.24) is 5.32 Å². The molecule has 1 aliphatic carbocycles. The van der Waals surface area contributed by atoms with Crippen LogP contribution in [0.5, 0.6) is 0 Å². The van der Waals surface area contributed by atoms with Gasteiger partial charge in [0.15, 0.2) is 9.84 Å². The predicted molar refractivity (Wildman–Crippen MR) is 89.7 cm³/mol. The van der Waals surface area contributed by atoms with Crippen LogP contribution in [0.3, 0.4) is 0 Å². The minimum Gasteiger partial charge on any atom is -0.391 e. The maximum absolute atomic E-state index is 12.2. The Bertz CT molecular complexity index is 640. The Morgan fingerprint density at radius 3 is 2.38 bits per heavy atom. The van der Waals surface area contributed by atoms with Gasteiger partial charge in [-0.05, 0) is 24.8 Å². The molecule has 2 unspecified atom stereocenters. The van der Waals surface area contributed by atoms with Crippen LogP contribution < -0.4 is 11.1 Å². The van der Waals surface area contributed by atoms with E-state index in [1.807, 2.05) is 0 Å². The average molecular weight is 356 g/mol. The summed E-state index contributed by atoms with van der Waals surface area (Å²) in [6.07, 6.45) is -0.0871. The second kappa shape index (κ2) is 8.06. The molecule has 0 spiro atoms. The fourth-order valence-electron chi connectivity index (χ4n) is 2.85. The van der Waals surface area contributed by atoms with Crippen molar-refractivity contribution in [2.45, 2.75) is 49.3 Å². The van der Waals surface area contributed by atoms with Gasteiger partial charge in [0.1, 0.15) is 0 Å². The van der Waals surface area contributed by atoms with Crippen molar-refractivity contribution in [1.29, 1.82) is 0 Å². The second-order valence-corrected chi connectivity index (χ2v) is 8.36. The molecule has 1 amide bonds. The molecule has 7 nitrogen and oxygen atoms in total. The smallest absolute Gasteiger partial charge is 0.238 e. The Morgan fingerprint density at radius 2 is 1.79 bits per heavy atom. The van der Waals surface area contributed by atoms with E-state index in [-0.39, 0.29) is 5.75 Å². The third kappa shape index (κ3) is 5.27. The number of nitrogens with one attached hydrogen (secondary N) is 1. The molecule has 0 heterocycles. The molecule has 1 aromatic carbocycles. The van der Waals surface area contributed by atoms with Crippen LogP contribution in [0, 0.1) is 0 Å². The largest absolute Gasteiger partial charge is 0.391 e. The molecule has 0 aliphatic heterocycles. The first kappa shape index (κ1) is 18.9. The molecule has 24 heavy (non-hydrogen) atoms.